The van der Waals surface area contributed by atoms with Crippen LogP contribution in [0.2, 0.25) is 0 Å². The number of nitrogens with zero attached hydrogens (tertiary/aromatic N) is 2. The van der Waals surface area contributed by atoms with Gasteiger partial charge in [-0.05, 0) is 64.5 Å². The van der Waals surface area contributed by atoms with Gasteiger partial charge >= 0.3 is 6.09 Å². The van der Waals surface area contributed by atoms with Crippen molar-refractivity contribution in [2.45, 2.75) is 64.2 Å². The Morgan fingerprint density at radius 3 is 2.25 bits per heavy atom. The Labute approximate surface area is 168 Å². The van der Waals surface area contributed by atoms with Gasteiger partial charge in [-0.3, -0.25) is 0 Å². The van der Waals surface area contributed by atoms with E-state index in [9.17, 15) is 13.2 Å². The van der Waals surface area contributed by atoms with Crippen molar-refractivity contribution in [3.8, 4) is 0 Å². The number of piperidine rings is 1. The molecule has 1 aromatic carbocycles. The molecule has 1 aromatic rings. The molecule has 0 unspecified atom stereocenters. The molecule has 28 heavy (non-hydrogen) atoms. The highest BCUT2D eigenvalue weighted by molar-refractivity contribution is 7.89. The number of aryl methyl sites for hydroxylation is 2. The standard InChI is InChI=1S/C21H32N2O4S/c1-15-6-7-19(16(2)12-15)17-8-10-23(11-9-17)28(25,26)18-13-22(14-18)20(24)27-21(3,4)5/h6-7,12,17-18H,8-11,13-14H2,1-5H3. The normalized spacial score (nSPS) is 20.1. The molecule has 156 valence electrons. The van der Waals surface area contributed by atoms with Crippen LogP contribution < -0.4 is 0 Å². The molecule has 1 amide bonds. The average molecular weight is 409 g/mol. The number of ether oxygens (including phenoxy) is 1. The van der Waals surface area contributed by atoms with Gasteiger partial charge in [0, 0.05) is 26.2 Å². The first kappa shape index (κ1) is 21.1. The number of carbonyl (C=O) groups is 1. The van der Waals surface area contributed by atoms with E-state index in [2.05, 4.69) is 32.0 Å². The van der Waals surface area contributed by atoms with Crippen molar-refractivity contribution in [2.24, 2.45) is 0 Å². The van der Waals surface area contributed by atoms with Crippen LogP contribution in [-0.2, 0) is 14.8 Å². The van der Waals surface area contributed by atoms with E-state index in [1.807, 2.05) is 0 Å². The quantitative estimate of drug-likeness (QED) is 0.768. The Bertz CT molecular complexity index is 830. The van der Waals surface area contributed by atoms with Gasteiger partial charge in [-0.25, -0.2) is 17.5 Å². The first-order valence-electron chi connectivity index (χ1n) is 10.0. The number of rotatable bonds is 3. The number of sulfonamides is 1. The van der Waals surface area contributed by atoms with E-state index >= 15 is 0 Å². The van der Waals surface area contributed by atoms with Crippen LogP contribution >= 0.6 is 0 Å². The molecular formula is C21H32N2O4S. The minimum absolute atomic E-state index is 0.217. The third-order valence-corrected chi connectivity index (χ3v) is 7.83. The van der Waals surface area contributed by atoms with Crippen molar-refractivity contribution in [3.63, 3.8) is 0 Å². The minimum Gasteiger partial charge on any atom is -0.444 e. The summed E-state index contributed by atoms with van der Waals surface area (Å²) in [5.74, 6) is 0.409. The first-order valence-corrected chi connectivity index (χ1v) is 11.5. The smallest absolute Gasteiger partial charge is 0.410 e. The van der Waals surface area contributed by atoms with Gasteiger partial charge in [0.1, 0.15) is 10.9 Å². The van der Waals surface area contributed by atoms with Crippen LogP contribution in [0.3, 0.4) is 0 Å². The molecule has 0 aromatic heterocycles. The number of carbonyl (C=O) groups excluding carboxylic acids is 1. The number of hydrogen-bond acceptors (Lipinski definition) is 4. The summed E-state index contributed by atoms with van der Waals surface area (Å²) < 4.78 is 32.8. The van der Waals surface area contributed by atoms with Crippen molar-refractivity contribution in [2.75, 3.05) is 26.2 Å². The molecule has 0 radical (unpaired) electrons. The molecular weight excluding hydrogens is 376 g/mol. The van der Waals surface area contributed by atoms with Crippen LogP contribution in [0, 0.1) is 13.8 Å². The van der Waals surface area contributed by atoms with E-state index in [4.69, 9.17) is 4.74 Å². The fourth-order valence-corrected chi connectivity index (χ4v) is 5.90. The van der Waals surface area contributed by atoms with Gasteiger partial charge in [0.15, 0.2) is 0 Å². The summed E-state index contributed by atoms with van der Waals surface area (Å²) in [6.45, 7) is 11.2. The zero-order chi connectivity index (χ0) is 20.7. The highest BCUT2D eigenvalue weighted by Gasteiger charge is 2.44. The average Bonchev–Trinajstić information content (AvgIpc) is 2.51. The predicted octanol–water partition coefficient (Wildman–Crippen LogP) is 3.43. The second-order valence-corrected chi connectivity index (χ2v) is 11.3. The van der Waals surface area contributed by atoms with E-state index < -0.39 is 27.0 Å². The Kier molecular flexibility index (Phi) is 5.79. The summed E-state index contributed by atoms with van der Waals surface area (Å²) in [4.78, 5) is 13.5. The van der Waals surface area contributed by atoms with Crippen LogP contribution in [0.4, 0.5) is 4.79 Å². The van der Waals surface area contributed by atoms with Gasteiger partial charge in [0.25, 0.3) is 0 Å². The van der Waals surface area contributed by atoms with Crippen LogP contribution in [0.1, 0.15) is 56.2 Å². The molecule has 2 fully saturated rings. The lowest BCUT2D eigenvalue weighted by Crippen LogP contribution is -2.61. The predicted molar refractivity (Wildman–Crippen MR) is 110 cm³/mol. The Morgan fingerprint density at radius 1 is 1.11 bits per heavy atom. The molecule has 7 heteroatoms. The highest BCUT2D eigenvalue weighted by Crippen LogP contribution is 2.33. The van der Waals surface area contributed by atoms with Crippen molar-refractivity contribution in [3.05, 3.63) is 34.9 Å². The minimum atomic E-state index is -3.37. The largest absolute Gasteiger partial charge is 0.444 e. The molecule has 2 aliphatic rings. The third kappa shape index (κ3) is 4.51. The summed E-state index contributed by atoms with van der Waals surface area (Å²) >= 11 is 0. The van der Waals surface area contributed by atoms with Crippen LogP contribution in [0.25, 0.3) is 0 Å². The Morgan fingerprint density at radius 2 is 1.71 bits per heavy atom. The van der Waals surface area contributed by atoms with Gasteiger partial charge in [-0.2, -0.15) is 0 Å². The summed E-state index contributed by atoms with van der Waals surface area (Å²) in [6.07, 6.45) is 1.24. The van der Waals surface area contributed by atoms with E-state index in [0.717, 1.165) is 12.8 Å². The van der Waals surface area contributed by atoms with E-state index in [1.165, 1.54) is 21.6 Å². The van der Waals surface area contributed by atoms with Crippen molar-refractivity contribution in [1.82, 2.24) is 9.21 Å². The molecule has 6 nitrogen and oxygen atoms in total. The van der Waals surface area contributed by atoms with Gasteiger partial charge in [-0.1, -0.05) is 23.8 Å². The summed E-state index contributed by atoms with van der Waals surface area (Å²) in [7, 11) is -3.37. The molecule has 2 saturated heterocycles. The molecule has 0 atom stereocenters. The van der Waals surface area contributed by atoms with Crippen LogP contribution in [0.5, 0.6) is 0 Å². The molecule has 2 aliphatic heterocycles. The van der Waals surface area contributed by atoms with E-state index in [0.29, 0.717) is 19.0 Å². The fourth-order valence-electron chi connectivity index (χ4n) is 4.02. The van der Waals surface area contributed by atoms with E-state index in [-0.39, 0.29) is 13.1 Å². The maximum Gasteiger partial charge on any atom is 0.410 e. The van der Waals surface area contributed by atoms with Gasteiger partial charge in [0.05, 0.1) is 0 Å². The van der Waals surface area contributed by atoms with Crippen LogP contribution in [0.15, 0.2) is 18.2 Å². The summed E-state index contributed by atoms with van der Waals surface area (Å²) in [6, 6.07) is 6.51. The lowest BCUT2D eigenvalue weighted by molar-refractivity contribution is 0.0135. The summed E-state index contributed by atoms with van der Waals surface area (Å²) in [5.41, 5.74) is 3.30. The molecule has 0 bridgehead atoms. The Hall–Kier alpha value is -1.60. The molecule has 0 aliphatic carbocycles. The molecule has 0 N–H and O–H groups in total. The summed E-state index contributed by atoms with van der Waals surface area (Å²) in [5, 5.41) is -0.516. The Balaban J connectivity index is 1.55. The fraction of sp³-hybridized carbons (Fsp3) is 0.667. The van der Waals surface area contributed by atoms with Gasteiger partial charge in [0.2, 0.25) is 10.0 Å². The maximum atomic E-state index is 12.9. The number of benzene rings is 1. The third-order valence-electron chi connectivity index (χ3n) is 5.60. The lowest BCUT2D eigenvalue weighted by atomic mass is 9.87. The zero-order valence-electron chi connectivity index (χ0n) is 17.6. The molecule has 0 saturated carbocycles. The van der Waals surface area contributed by atoms with Crippen LogP contribution in [-0.4, -0.2) is 60.7 Å². The number of amides is 1. The molecule has 0 spiro atoms. The zero-order valence-corrected chi connectivity index (χ0v) is 18.4. The molecule has 2 heterocycles. The highest BCUT2D eigenvalue weighted by atomic mass is 32.2. The number of hydrogen-bond donors (Lipinski definition) is 0. The second kappa shape index (κ2) is 7.67. The second-order valence-electron chi connectivity index (χ2n) is 9.09. The van der Waals surface area contributed by atoms with Gasteiger partial charge < -0.3 is 9.64 Å². The monoisotopic (exact) mass is 408 g/mol. The lowest BCUT2D eigenvalue weighted by Gasteiger charge is -2.42. The maximum absolute atomic E-state index is 12.9. The topological polar surface area (TPSA) is 66.9 Å². The van der Waals surface area contributed by atoms with E-state index in [1.54, 1.807) is 25.1 Å². The van der Waals surface area contributed by atoms with Crippen molar-refractivity contribution < 1.29 is 17.9 Å². The first-order chi connectivity index (χ1) is 13.0. The van der Waals surface area contributed by atoms with Gasteiger partial charge in [-0.15, -0.1) is 0 Å². The van der Waals surface area contributed by atoms with Crippen molar-refractivity contribution >= 4 is 16.1 Å². The molecule has 3 rings (SSSR count). The van der Waals surface area contributed by atoms with Crippen molar-refractivity contribution in [1.29, 1.82) is 0 Å². The SMILES string of the molecule is Cc1ccc(C2CCN(S(=O)(=O)C3CN(C(=O)OC(C)(C)C)C3)CC2)c(C)c1. The number of likely N-dealkylation sites (tertiary alicyclic amines) is 1.